The zero-order chi connectivity index (χ0) is 25.3. The summed E-state index contributed by atoms with van der Waals surface area (Å²) in [5.74, 6) is -5.30. The third-order valence-electron chi connectivity index (χ3n) is 6.32. The van der Waals surface area contributed by atoms with Crippen molar-refractivity contribution in [2.24, 2.45) is 0 Å². The number of carbonyl (C=O) groups excluding carboxylic acids is 1. The van der Waals surface area contributed by atoms with Crippen LogP contribution >= 0.6 is 0 Å². The Morgan fingerprint density at radius 3 is 2.71 bits per heavy atom. The molecule has 0 radical (unpaired) electrons. The monoisotopic (exact) mass is 495 g/mol. The number of hydrogen-bond donors (Lipinski definition) is 5. The molecule has 0 aromatic heterocycles. The van der Waals surface area contributed by atoms with Gasteiger partial charge < -0.3 is 25.4 Å². The number of halogens is 3. The maximum atomic E-state index is 15.0. The highest BCUT2D eigenvalue weighted by atomic mass is 19.3. The molecule has 35 heavy (non-hydrogen) atoms. The summed E-state index contributed by atoms with van der Waals surface area (Å²) >= 11 is 0. The summed E-state index contributed by atoms with van der Waals surface area (Å²) in [4.78, 5) is 13.9. The summed E-state index contributed by atoms with van der Waals surface area (Å²) in [7, 11) is 0. The lowest BCUT2D eigenvalue weighted by molar-refractivity contribution is -0.139. The minimum absolute atomic E-state index is 0.0966. The lowest BCUT2D eigenvalue weighted by atomic mass is 10.0. The number of hydrogen-bond acceptors (Lipinski definition) is 7. The van der Waals surface area contributed by atoms with E-state index in [-0.39, 0.29) is 31.4 Å². The van der Waals surface area contributed by atoms with Crippen LogP contribution in [0.4, 0.5) is 13.2 Å². The molecule has 1 unspecified atom stereocenters. The van der Waals surface area contributed by atoms with Crippen molar-refractivity contribution in [2.75, 3.05) is 6.61 Å². The highest BCUT2D eigenvalue weighted by Gasteiger charge is 2.43. The van der Waals surface area contributed by atoms with Crippen LogP contribution in [0.5, 0.6) is 5.75 Å². The molecule has 0 aliphatic carbocycles. The van der Waals surface area contributed by atoms with Gasteiger partial charge in [-0.15, -0.1) is 0 Å². The van der Waals surface area contributed by atoms with E-state index >= 15 is 0 Å². The highest BCUT2D eigenvalue weighted by Crippen LogP contribution is 2.38. The highest BCUT2D eigenvalue weighted by molar-refractivity contribution is 5.82. The van der Waals surface area contributed by atoms with Crippen molar-refractivity contribution >= 4 is 5.91 Å². The molecule has 11 heteroatoms. The number of amides is 1. The molecular weight excluding hydrogens is 467 g/mol. The standard InChI is InChI=1S/C24H28F3N3O5/c1-2-35-19-7-4-15(25)10-17(19)24(26,27)23(34)28-11-13-3-5-16-14(9-13)12-30(22(16)33)18-6-8-20(31)29-21(18)32/h3-5,7,9-10,18,20,22-23,28,31,33-34H,2,6,8,11-12H2,1H3,(H,29,32)/t18?,20-,22+,23-/m1/s1. The normalized spacial score (nSPS) is 23.6. The van der Waals surface area contributed by atoms with E-state index in [0.29, 0.717) is 30.0 Å². The second-order valence-corrected chi connectivity index (χ2v) is 8.68. The van der Waals surface area contributed by atoms with Gasteiger partial charge >= 0.3 is 5.92 Å². The van der Waals surface area contributed by atoms with E-state index in [2.05, 4.69) is 10.6 Å². The summed E-state index contributed by atoms with van der Waals surface area (Å²) in [6.45, 7) is 1.84. The molecule has 2 aliphatic heterocycles. The van der Waals surface area contributed by atoms with Gasteiger partial charge in [0.15, 0.2) is 6.23 Å². The first kappa shape index (κ1) is 25.4. The molecule has 1 saturated heterocycles. The van der Waals surface area contributed by atoms with Gasteiger partial charge in [-0.2, -0.15) is 8.78 Å². The van der Waals surface area contributed by atoms with Crippen LogP contribution in [0.3, 0.4) is 0 Å². The Labute approximate surface area is 200 Å². The van der Waals surface area contributed by atoms with Crippen molar-refractivity contribution in [2.45, 2.75) is 63.5 Å². The first-order valence-corrected chi connectivity index (χ1v) is 11.4. The van der Waals surface area contributed by atoms with Crippen LogP contribution in [0.15, 0.2) is 36.4 Å². The van der Waals surface area contributed by atoms with Gasteiger partial charge in [0.2, 0.25) is 5.91 Å². The average molecular weight is 495 g/mol. The van der Waals surface area contributed by atoms with E-state index in [9.17, 15) is 33.3 Å². The molecule has 190 valence electrons. The fourth-order valence-corrected chi connectivity index (χ4v) is 4.53. The quantitative estimate of drug-likeness (QED) is 0.355. The predicted octanol–water partition coefficient (Wildman–Crippen LogP) is 1.83. The van der Waals surface area contributed by atoms with Crippen LogP contribution in [-0.2, 0) is 23.8 Å². The molecule has 8 nitrogen and oxygen atoms in total. The first-order chi connectivity index (χ1) is 16.6. The zero-order valence-electron chi connectivity index (χ0n) is 19.0. The molecule has 4 rings (SSSR count). The van der Waals surface area contributed by atoms with Crippen LogP contribution in [0.2, 0.25) is 0 Å². The Hall–Kier alpha value is -2.70. The van der Waals surface area contributed by atoms with Gasteiger partial charge in [-0.05, 0) is 54.7 Å². The van der Waals surface area contributed by atoms with Gasteiger partial charge in [0, 0.05) is 13.1 Å². The van der Waals surface area contributed by atoms with Crippen molar-refractivity contribution in [3.8, 4) is 5.75 Å². The number of fused-ring (bicyclic) bond motifs is 1. The number of nitrogens with one attached hydrogen (secondary N) is 2. The maximum absolute atomic E-state index is 15.0. The Bertz CT molecular complexity index is 1090. The number of piperidine rings is 1. The molecule has 2 aromatic carbocycles. The molecule has 2 heterocycles. The molecule has 0 bridgehead atoms. The molecule has 1 amide bonds. The van der Waals surface area contributed by atoms with Gasteiger partial charge in [-0.1, -0.05) is 18.2 Å². The van der Waals surface area contributed by atoms with Crippen LogP contribution < -0.4 is 15.4 Å². The SMILES string of the molecule is CCOc1ccc(F)cc1C(F)(F)[C@@H](O)NCc1ccc2c(c1)CN(C1CC[C@@H](O)NC1=O)[C@H]2O. The minimum atomic E-state index is -3.84. The number of rotatable bonds is 8. The van der Waals surface area contributed by atoms with Gasteiger partial charge in [0.25, 0.3) is 0 Å². The van der Waals surface area contributed by atoms with E-state index in [0.717, 1.165) is 17.7 Å². The fourth-order valence-electron chi connectivity index (χ4n) is 4.53. The van der Waals surface area contributed by atoms with E-state index < -0.39 is 42.0 Å². The number of alkyl halides is 2. The van der Waals surface area contributed by atoms with Crippen LogP contribution in [0, 0.1) is 5.82 Å². The number of ether oxygens (including phenoxy) is 1. The van der Waals surface area contributed by atoms with E-state index in [1.165, 1.54) is 0 Å². The topological polar surface area (TPSA) is 114 Å². The smallest absolute Gasteiger partial charge is 0.315 e. The molecule has 2 aromatic rings. The van der Waals surface area contributed by atoms with Crippen molar-refractivity contribution in [3.05, 3.63) is 64.5 Å². The number of aliphatic hydroxyl groups is 3. The van der Waals surface area contributed by atoms with Crippen molar-refractivity contribution in [3.63, 3.8) is 0 Å². The Balaban J connectivity index is 1.44. The van der Waals surface area contributed by atoms with E-state index in [4.69, 9.17) is 4.74 Å². The van der Waals surface area contributed by atoms with Gasteiger partial charge in [-0.3, -0.25) is 15.0 Å². The zero-order valence-corrected chi connectivity index (χ0v) is 19.0. The number of carbonyl (C=O) groups is 1. The number of nitrogens with zero attached hydrogens (tertiary/aromatic N) is 1. The Morgan fingerprint density at radius 1 is 1.23 bits per heavy atom. The van der Waals surface area contributed by atoms with Crippen molar-refractivity contribution < 1.29 is 38.0 Å². The third kappa shape index (κ3) is 5.14. The van der Waals surface area contributed by atoms with Crippen LogP contribution in [-0.4, -0.2) is 51.2 Å². The molecular formula is C24H28F3N3O5. The molecule has 5 N–H and O–H groups in total. The lowest BCUT2D eigenvalue weighted by Gasteiger charge is -2.34. The van der Waals surface area contributed by atoms with E-state index in [1.807, 2.05) is 0 Å². The maximum Gasteiger partial charge on any atom is 0.315 e. The molecule has 4 atom stereocenters. The Kier molecular flexibility index (Phi) is 7.34. The fraction of sp³-hybridized carbons (Fsp3) is 0.458. The second kappa shape index (κ2) is 10.1. The van der Waals surface area contributed by atoms with Gasteiger partial charge in [0.1, 0.15) is 24.0 Å². The summed E-state index contributed by atoms with van der Waals surface area (Å²) in [6, 6.07) is 7.12. The summed E-state index contributed by atoms with van der Waals surface area (Å²) in [5, 5.41) is 35.3. The largest absolute Gasteiger partial charge is 0.493 e. The van der Waals surface area contributed by atoms with Crippen LogP contribution in [0.1, 0.15) is 48.2 Å². The summed E-state index contributed by atoms with van der Waals surface area (Å²) < 4.78 is 48.7. The van der Waals surface area contributed by atoms with E-state index in [1.54, 1.807) is 30.0 Å². The number of aliphatic hydroxyl groups excluding tert-OH is 3. The number of benzene rings is 2. The van der Waals surface area contributed by atoms with Gasteiger partial charge in [0.05, 0.1) is 18.2 Å². The third-order valence-corrected chi connectivity index (χ3v) is 6.32. The minimum Gasteiger partial charge on any atom is -0.493 e. The molecule has 1 fully saturated rings. The summed E-state index contributed by atoms with van der Waals surface area (Å²) in [5.41, 5.74) is 1.13. The van der Waals surface area contributed by atoms with Crippen LogP contribution in [0.25, 0.3) is 0 Å². The molecule has 2 aliphatic rings. The second-order valence-electron chi connectivity index (χ2n) is 8.68. The van der Waals surface area contributed by atoms with Crippen molar-refractivity contribution in [1.29, 1.82) is 0 Å². The molecule has 0 spiro atoms. The lowest BCUT2D eigenvalue weighted by Crippen LogP contribution is -2.53. The first-order valence-electron chi connectivity index (χ1n) is 11.4. The molecule has 0 saturated carbocycles. The summed E-state index contributed by atoms with van der Waals surface area (Å²) in [6.07, 6.45) is -3.49. The van der Waals surface area contributed by atoms with Gasteiger partial charge in [-0.25, -0.2) is 4.39 Å². The predicted molar refractivity (Wildman–Crippen MR) is 118 cm³/mol. The Morgan fingerprint density at radius 2 is 2.00 bits per heavy atom. The van der Waals surface area contributed by atoms with Crippen molar-refractivity contribution in [1.82, 2.24) is 15.5 Å². The average Bonchev–Trinajstić information content (AvgIpc) is 3.14.